The number of hydrogen-bond donors (Lipinski definition) is 2. The summed E-state index contributed by atoms with van der Waals surface area (Å²) in [5.41, 5.74) is 1.89. The van der Waals surface area contributed by atoms with Crippen molar-refractivity contribution in [2.45, 2.75) is 24.8 Å². The number of benzene rings is 2. The van der Waals surface area contributed by atoms with Gasteiger partial charge in [0.15, 0.2) is 0 Å². The van der Waals surface area contributed by atoms with Gasteiger partial charge in [0.25, 0.3) is 5.92 Å². The molecule has 1 atom stereocenters. The van der Waals surface area contributed by atoms with E-state index in [9.17, 15) is 18.0 Å². The second-order valence-corrected chi connectivity index (χ2v) is 8.09. The van der Waals surface area contributed by atoms with Gasteiger partial charge >= 0.3 is 6.03 Å². The lowest BCUT2D eigenvalue weighted by Crippen LogP contribution is -2.52. The van der Waals surface area contributed by atoms with Gasteiger partial charge in [-0.1, -0.05) is 23.7 Å². The third-order valence-corrected chi connectivity index (χ3v) is 5.73. The van der Waals surface area contributed by atoms with Gasteiger partial charge in [0.2, 0.25) is 0 Å². The maximum atomic E-state index is 13.4. The second-order valence-electron chi connectivity index (χ2n) is 7.68. The molecule has 0 aromatic heterocycles. The molecule has 1 unspecified atom stereocenters. The summed E-state index contributed by atoms with van der Waals surface area (Å²) in [5.74, 6) is -3.15. The quantitative estimate of drug-likeness (QED) is 0.705. The number of halogens is 4. The molecule has 1 saturated heterocycles. The normalized spacial score (nSPS) is 20.9. The summed E-state index contributed by atoms with van der Waals surface area (Å²) in [7, 11) is 0. The average molecular weight is 439 g/mol. The van der Waals surface area contributed by atoms with Crippen LogP contribution < -0.4 is 15.5 Å². The first-order valence-corrected chi connectivity index (χ1v) is 10.2. The van der Waals surface area contributed by atoms with E-state index in [2.05, 4.69) is 10.6 Å². The van der Waals surface area contributed by atoms with Crippen LogP contribution in [0.1, 0.15) is 12.8 Å². The molecule has 0 bridgehead atoms. The molecule has 2 aromatic carbocycles. The first-order valence-electron chi connectivity index (χ1n) is 9.80. The van der Waals surface area contributed by atoms with E-state index in [0.717, 1.165) is 5.69 Å². The van der Waals surface area contributed by atoms with Crippen LogP contribution in [0.15, 0.2) is 42.5 Å². The largest absolute Gasteiger partial charge is 0.378 e. The number of amides is 2. The van der Waals surface area contributed by atoms with Crippen LogP contribution in [0.25, 0.3) is 0 Å². The molecule has 2 aliphatic rings. The molecule has 0 aliphatic carbocycles. The van der Waals surface area contributed by atoms with Gasteiger partial charge in [-0.3, -0.25) is 4.90 Å². The highest BCUT2D eigenvalue weighted by atomic mass is 35.5. The van der Waals surface area contributed by atoms with Crippen LogP contribution in [0.3, 0.4) is 0 Å². The highest BCUT2D eigenvalue weighted by molar-refractivity contribution is 6.31. The van der Waals surface area contributed by atoms with Crippen LogP contribution in [-0.2, 0) is 0 Å². The number of anilines is 3. The Kier molecular flexibility index (Phi) is 5.79. The maximum Gasteiger partial charge on any atom is 0.326 e. The van der Waals surface area contributed by atoms with E-state index in [0.29, 0.717) is 37.6 Å². The number of fused-ring (bicyclic) bond motifs is 1. The first-order chi connectivity index (χ1) is 14.3. The van der Waals surface area contributed by atoms with Crippen molar-refractivity contribution >= 4 is 34.7 Å². The van der Waals surface area contributed by atoms with E-state index in [1.54, 1.807) is 4.90 Å². The van der Waals surface area contributed by atoms with Crippen LogP contribution in [0.4, 0.5) is 35.0 Å². The fourth-order valence-electron chi connectivity index (χ4n) is 3.85. The van der Waals surface area contributed by atoms with Crippen molar-refractivity contribution in [3.8, 4) is 0 Å². The third-order valence-electron chi connectivity index (χ3n) is 5.44. The Labute approximate surface area is 177 Å². The Balaban J connectivity index is 1.48. The van der Waals surface area contributed by atoms with Crippen molar-refractivity contribution in [1.82, 2.24) is 4.90 Å². The minimum atomic E-state index is -2.59. The number of hydrogen-bond acceptors (Lipinski definition) is 3. The van der Waals surface area contributed by atoms with Gasteiger partial charge in [0.1, 0.15) is 5.82 Å². The number of para-hydroxylation sites is 2. The van der Waals surface area contributed by atoms with E-state index in [4.69, 9.17) is 11.6 Å². The van der Waals surface area contributed by atoms with Gasteiger partial charge in [-0.25, -0.2) is 18.0 Å². The molecule has 2 amide bonds. The fraction of sp³-hybridized carbons (Fsp3) is 0.381. The Morgan fingerprint density at radius 3 is 2.67 bits per heavy atom. The van der Waals surface area contributed by atoms with Gasteiger partial charge < -0.3 is 15.5 Å². The number of piperidine rings is 1. The van der Waals surface area contributed by atoms with Gasteiger partial charge in [-0.05, 0) is 30.3 Å². The molecule has 30 heavy (non-hydrogen) atoms. The summed E-state index contributed by atoms with van der Waals surface area (Å²) in [4.78, 5) is 16.6. The maximum absolute atomic E-state index is 13.4. The lowest BCUT2D eigenvalue weighted by molar-refractivity contribution is -0.0554. The molecule has 0 saturated carbocycles. The van der Waals surface area contributed by atoms with E-state index >= 15 is 0 Å². The Morgan fingerprint density at radius 1 is 1.20 bits per heavy atom. The average Bonchev–Trinajstić information content (AvgIpc) is 2.72. The molecule has 2 N–H and O–H groups in total. The number of alkyl halides is 2. The zero-order valence-corrected chi connectivity index (χ0v) is 16.9. The predicted molar refractivity (Wildman–Crippen MR) is 112 cm³/mol. The number of urea groups is 1. The molecule has 2 heterocycles. The minimum Gasteiger partial charge on any atom is -0.378 e. The summed E-state index contributed by atoms with van der Waals surface area (Å²) < 4.78 is 40.3. The molecule has 1 fully saturated rings. The van der Waals surface area contributed by atoms with Crippen LogP contribution in [0.2, 0.25) is 5.02 Å². The summed E-state index contributed by atoms with van der Waals surface area (Å²) in [6.07, 6.45) is -0.294. The SMILES string of the molecule is O=C(Nc1ccc(F)c(Cl)c1)N1CC(CN2CCC(F)(F)CC2)Nc2ccccc21. The monoisotopic (exact) mass is 438 g/mol. The molecular formula is C21H22ClF3N4O. The Morgan fingerprint density at radius 2 is 1.93 bits per heavy atom. The third kappa shape index (κ3) is 4.65. The summed E-state index contributed by atoms with van der Waals surface area (Å²) >= 11 is 5.81. The summed E-state index contributed by atoms with van der Waals surface area (Å²) in [5, 5.41) is 6.08. The van der Waals surface area contributed by atoms with Crippen molar-refractivity contribution in [3.05, 3.63) is 53.3 Å². The lowest BCUT2D eigenvalue weighted by atomic mass is 10.0. The zero-order valence-electron chi connectivity index (χ0n) is 16.2. The molecule has 0 radical (unpaired) electrons. The van der Waals surface area contributed by atoms with Crippen molar-refractivity contribution < 1.29 is 18.0 Å². The van der Waals surface area contributed by atoms with Crippen molar-refractivity contribution in [1.29, 1.82) is 0 Å². The van der Waals surface area contributed by atoms with Crippen molar-refractivity contribution in [3.63, 3.8) is 0 Å². The molecule has 9 heteroatoms. The van der Waals surface area contributed by atoms with E-state index in [1.165, 1.54) is 18.2 Å². The number of carbonyl (C=O) groups is 1. The molecule has 0 spiro atoms. The number of nitrogens with zero attached hydrogens (tertiary/aromatic N) is 2. The summed E-state index contributed by atoms with van der Waals surface area (Å²) in [6.45, 7) is 1.57. The molecule has 4 rings (SSSR count). The number of nitrogens with one attached hydrogen (secondary N) is 2. The van der Waals surface area contributed by atoms with Crippen LogP contribution in [0.5, 0.6) is 0 Å². The second kappa shape index (κ2) is 8.35. The highest BCUT2D eigenvalue weighted by Gasteiger charge is 2.36. The topological polar surface area (TPSA) is 47.6 Å². The van der Waals surface area contributed by atoms with Gasteiger partial charge in [0, 0.05) is 44.7 Å². The van der Waals surface area contributed by atoms with Crippen molar-refractivity contribution in [2.24, 2.45) is 0 Å². The van der Waals surface area contributed by atoms with Gasteiger partial charge in [0.05, 0.1) is 22.4 Å². The Hall–Kier alpha value is -2.45. The lowest BCUT2D eigenvalue weighted by Gasteiger charge is -2.39. The zero-order chi connectivity index (χ0) is 21.3. The Bertz CT molecular complexity index is 932. The van der Waals surface area contributed by atoms with Crippen LogP contribution in [0, 0.1) is 5.82 Å². The molecule has 2 aromatic rings. The van der Waals surface area contributed by atoms with Crippen molar-refractivity contribution in [2.75, 3.05) is 41.7 Å². The predicted octanol–water partition coefficient (Wildman–Crippen LogP) is 5.04. The standard InChI is InChI=1S/C21H22ClF3N4O/c22-16-11-14(5-6-17(16)23)27-20(30)29-13-15(26-18-3-1-2-4-19(18)29)12-28-9-7-21(24,25)8-10-28/h1-6,11,15,26H,7-10,12-13H2,(H,27,30). The molecule has 5 nitrogen and oxygen atoms in total. The summed E-state index contributed by atoms with van der Waals surface area (Å²) in [6, 6.07) is 10.9. The van der Waals surface area contributed by atoms with E-state index < -0.39 is 11.7 Å². The number of carbonyl (C=O) groups excluding carboxylic acids is 1. The first kappa shape index (κ1) is 20.8. The van der Waals surface area contributed by atoms with Crippen LogP contribution in [-0.4, -0.2) is 49.1 Å². The molecular weight excluding hydrogens is 417 g/mol. The molecule has 2 aliphatic heterocycles. The van der Waals surface area contributed by atoms with Gasteiger partial charge in [-0.15, -0.1) is 0 Å². The fourth-order valence-corrected chi connectivity index (χ4v) is 4.03. The number of likely N-dealkylation sites (tertiary alicyclic amines) is 1. The van der Waals surface area contributed by atoms with E-state index in [-0.39, 0.29) is 29.9 Å². The van der Waals surface area contributed by atoms with Crippen LogP contribution >= 0.6 is 11.6 Å². The van der Waals surface area contributed by atoms with Gasteiger partial charge in [-0.2, -0.15) is 0 Å². The minimum absolute atomic E-state index is 0.0757. The highest BCUT2D eigenvalue weighted by Crippen LogP contribution is 2.33. The molecule has 160 valence electrons. The number of rotatable bonds is 3. The smallest absolute Gasteiger partial charge is 0.326 e. The van der Waals surface area contributed by atoms with E-state index in [1.807, 2.05) is 29.2 Å².